The highest BCUT2D eigenvalue weighted by molar-refractivity contribution is 7.08. The van der Waals surface area contributed by atoms with Crippen LogP contribution in [0.25, 0.3) is 0 Å². The van der Waals surface area contributed by atoms with Gasteiger partial charge in [-0.3, -0.25) is 0 Å². The summed E-state index contributed by atoms with van der Waals surface area (Å²) in [6.07, 6.45) is 8.08. The molecule has 0 aliphatic rings. The van der Waals surface area contributed by atoms with Crippen molar-refractivity contribution in [3.63, 3.8) is 0 Å². The van der Waals surface area contributed by atoms with Gasteiger partial charge in [-0.25, -0.2) is 14.6 Å². The van der Waals surface area contributed by atoms with E-state index in [9.17, 15) is 9.59 Å². The number of carbonyl (C=O) groups is 2. The average Bonchev–Trinajstić information content (AvgIpc) is 3.14. The number of thiophene rings is 1. The fourth-order valence-corrected chi connectivity index (χ4v) is 2.70. The normalized spacial score (nSPS) is 10.2. The van der Waals surface area contributed by atoms with E-state index in [-0.39, 0.29) is 0 Å². The van der Waals surface area contributed by atoms with Crippen LogP contribution in [0.5, 0.6) is 0 Å². The van der Waals surface area contributed by atoms with Gasteiger partial charge in [0.15, 0.2) is 0 Å². The monoisotopic (exact) mass is 322 g/mol. The van der Waals surface area contributed by atoms with Gasteiger partial charge in [-0.1, -0.05) is 6.92 Å². The molecule has 0 saturated carbocycles. The van der Waals surface area contributed by atoms with Crippen LogP contribution in [0.1, 0.15) is 23.7 Å². The van der Waals surface area contributed by atoms with Crippen molar-refractivity contribution in [2.24, 2.45) is 0 Å². The van der Waals surface area contributed by atoms with Crippen LogP contribution in [0.2, 0.25) is 0 Å². The molecule has 22 heavy (non-hydrogen) atoms. The summed E-state index contributed by atoms with van der Waals surface area (Å²) in [6, 6.07) is 0. The Morgan fingerprint density at radius 2 is 1.82 bits per heavy atom. The molecular weight excluding hydrogens is 304 g/mol. The number of rotatable bonds is 6. The molecule has 2 aromatic heterocycles. The van der Waals surface area contributed by atoms with Crippen molar-refractivity contribution < 1.29 is 19.8 Å². The number of H-pyrrole nitrogens is 1. The summed E-state index contributed by atoms with van der Waals surface area (Å²) in [7, 11) is 0. The molecule has 0 aliphatic heterocycles. The summed E-state index contributed by atoms with van der Waals surface area (Å²) >= 11 is 1.80. The Morgan fingerprint density at radius 1 is 1.18 bits per heavy atom. The maximum Gasteiger partial charge on any atom is 0.328 e. The van der Waals surface area contributed by atoms with Crippen LogP contribution >= 0.6 is 11.3 Å². The van der Waals surface area contributed by atoms with Gasteiger partial charge in [-0.2, -0.15) is 11.3 Å². The Bertz CT molecular complexity index is 601. The molecule has 0 aliphatic carbocycles. The lowest BCUT2D eigenvalue weighted by Gasteiger charge is -1.99. The van der Waals surface area contributed by atoms with E-state index < -0.39 is 11.9 Å². The van der Waals surface area contributed by atoms with E-state index in [0.29, 0.717) is 12.2 Å². The fourth-order valence-electron chi connectivity index (χ4n) is 1.71. The van der Waals surface area contributed by atoms with E-state index in [4.69, 9.17) is 10.2 Å². The second kappa shape index (κ2) is 9.51. The highest BCUT2D eigenvalue weighted by Gasteiger charge is 2.02. The first kappa shape index (κ1) is 17.6. The zero-order valence-corrected chi connectivity index (χ0v) is 13.0. The SMILES string of the molecule is CCc1cscc1CCc1cnc[nH]1.O=C(O)C=CC(=O)O. The summed E-state index contributed by atoms with van der Waals surface area (Å²) in [6.45, 7) is 2.21. The quantitative estimate of drug-likeness (QED) is 0.709. The third kappa shape index (κ3) is 6.85. The molecule has 6 nitrogen and oxygen atoms in total. The van der Waals surface area contributed by atoms with Crippen LogP contribution in [-0.2, 0) is 28.9 Å². The molecule has 0 bridgehead atoms. The van der Waals surface area contributed by atoms with Crippen LogP contribution in [-0.4, -0.2) is 32.1 Å². The number of aryl methyl sites for hydroxylation is 3. The Labute approximate surface area is 132 Å². The van der Waals surface area contributed by atoms with Crippen LogP contribution in [0.15, 0.2) is 35.4 Å². The van der Waals surface area contributed by atoms with Crippen molar-refractivity contribution in [1.29, 1.82) is 0 Å². The predicted octanol–water partition coefficient (Wildman–Crippen LogP) is 2.53. The van der Waals surface area contributed by atoms with Crippen LogP contribution < -0.4 is 0 Å². The van der Waals surface area contributed by atoms with E-state index >= 15 is 0 Å². The van der Waals surface area contributed by atoms with E-state index in [1.54, 1.807) is 17.7 Å². The molecule has 3 N–H and O–H groups in total. The summed E-state index contributed by atoms with van der Waals surface area (Å²) in [5.74, 6) is -2.51. The Morgan fingerprint density at radius 3 is 2.32 bits per heavy atom. The first-order chi connectivity index (χ1) is 10.5. The maximum absolute atomic E-state index is 9.55. The number of carboxylic acid groups (broad SMARTS) is 2. The van der Waals surface area contributed by atoms with Crippen molar-refractivity contribution in [3.05, 3.63) is 52.3 Å². The van der Waals surface area contributed by atoms with E-state index in [0.717, 1.165) is 19.3 Å². The highest BCUT2D eigenvalue weighted by atomic mass is 32.1. The minimum atomic E-state index is -1.26. The minimum Gasteiger partial charge on any atom is -0.478 e. The number of aromatic nitrogens is 2. The predicted molar refractivity (Wildman–Crippen MR) is 84.1 cm³/mol. The zero-order chi connectivity index (χ0) is 16.4. The van der Waals surface area contributed by atoms with Gasteiger partial charge in [0.05, 0.1) is 6.33 Å². The van der Waals surface area contributed by atoms with Crippen molar-refractivity contribution >= 4 is 23.3 Å². The third-order valence-electron chi connectivity index (χ3n) is 2.80. The molecule has 2 aromatic rings. The first-order valence-corrected chi connectivity index (χ1v) is 7.62. The molecule has 0 unspecified atom stereocenters. The number of aliphatic carboxylic acids is 2. The molecule has 0 radical (unpaired) electrons. The number of aromatic amines is 1. The molecule has 0 fully saturated rings. The third-order valence-corrected chi connectivity index (χ3v) is 3.64. The van der Waals surface area contributed by atoms with E-state index in [1.807, 2.05) is 6.20 Å². The van der Waals surface area contributed by atoms with E-state index in [2.05, 4.69) is 27.7 Å². The Balaban J connectivity index is 0.000000261. The number of hydrogen-bond donors (Lipinski definition) is 3. The molecule has 7 heteroatoms. The standard InChI is InChI=1S/C11H14N2S.C4H4O4/c1-2-9-6-14-7-10(9)3-4-11-5-12-8-13-11;5-3(6)1-2-4(7)8/h5-8H,2-4H2,1H3,(H,12,13);1-2H,(H,5,6)(H,7,8). The van der Waals surface area contributed by atoms with Gasteiger partial charge in [-0.05, 0) is 41.1 Å². The maximum atomic E-state index is 9.55. The van der Waals surface area contributed by atoms with Crippen LogP contribution in [0.3, 0.4) is 0 Å². The number of imidazole rings is 1. The lowest BCUT2D eigenvalue weighted by Crippen LogP contribution is -1.93. The molecule has 2 rings (SSSR count). The topological polar surface area (TPSA) is 103 Å². The van der Waals surface area contributed by atoms with Gasteiger partial charge in [0.1, 0.15) is 0 Å². The number of nitrogens with one attached hydrogen (secondary N) is 1. The van der Waals surface area contributed by atoms with Gasteiger partial charge in [0, 0.05) is 24.0 Å². The summed E-state index contributed by atoms with van der Waals surface area (Å²) in [4.78, 5) is 26.2. The smallest absolute Gasteiger partial charge is 0.328 e. The highest BCUT2D eigenvalue weighted by Crippen LogP contribution is 2.17. The van der Waals surface area contributed by atoms with Crippen LogP contribution in [0.4, 0.5) is 0 Å². The summed E-state index contributed by atoms with van der Waals surface area (Å²) in [5.41, 5.74) is 4.21. The molecule has 118 valence electrons. The van der Waals surface area contributed by atoms with Gasteiger partial charge in [-0.15, -0.1) is 0 Å². The molecule has 0 spiro atoms. The minimum absolute atomic E-state index is 0.558. The first-order valence-electron chi connectivity index (χ1n) is 6.68. The van der Waals surface area contributed by atoms with Crippen molar-refractivity contribution in [2.45, 2.75) is 26.2 Å². The molecular formula is C15H18N2O4S. The second-order valence-electron chi connectivity index (χ2n) is 4.36. The fraction of sp³-hybridized carbons (Fsp3) is 0.267. The Hall–Kier alpha value is -2.41. The lowest BCUT2D eigenvalue weighted by atomic mass is 10.1. The average molecular weight is 322 g/mol. The van der Waals surface area contributed by atoms with Crippen LogP contribution in [0, 0.1) is 0 Å². The number of nitrogens with zero attached hydrogens (tertiary/aromatic N) is 1. The van der Waals surface area contributed by atoms with Crippen molar-refractivity contribution in [1.82, 2.24) is 9.97 Å². The van der Waals surface area contributed by atoms with Crippen molar-refractivity contribution in [3.8, 4) is 0 Å². The Kier molecular flexibility index (Phi) is 7.63. The summed E-state index contributed by atoms with van der Waals surface area (Å²) < 4.78 is 0. The summed E-state index contributed by atoms with van der Waals surface area (Å²) in [5, 5.41) is 20.1. The molecule has 0 saturated heterocycles. The lowest BCUT2D eigenvalue weighted by molar-refractivity contribution is -0.134. The molecule has 0 atom stereocenters. The van der Waals surface area contributed by atoms with Gasteiger partial charge in [0.25, 0.3) is 0 Å². The number of carboxylic acids is 2. The second-order valence-corrected chi connectivity index (χ2v) is 5.11. The zero-order valence-electron chi connectivity index (χ0n) is 12.2. The molecule has 2 heterocycles. The van der Waals surface area contributed by atoms with Gasteiger partial charge < -0.3 is 15.2 Å². The van der Waals surface area contributed by atoms with Crippen molar-refractivity contribution in [2.75, 3.05) is 0 Å². The number of hydrogen-bond acceptors (Lipinski definition) is 4. The van der Waals surface area contributed by atoms with Gasteiger partial charge in [0.2, 0.25) is 0 Å². The molecule has 0 amide bonds. The largest absolute Gasteiger partial charge is 0.478 e. The molecule has 0 aromatic carbocycles. The van der Waals surface area contributed by atoms with Gasteiger partial charge >= 0.3 is 11.9 Å². The van der Waals surface area contributed by atoms with E-state index in [1.165, 1.54) is 16.8 Å².